The van der Waals surface area contributed by atoms with Crippen LogP contribution in [0.1, 0.15) is 5.56 Å². The third kappa shape index (κ3) is 4.93. The van der Waals surface area contributed by atoms with Gasteiger partial charge in [-0.2, -0.15) is 0 Å². The molecule has 1 aromatic carbocycles. The van der Waals surface area contributed by atoms with Crippen molar-refractivity contribution in [2.45, 2.75) is 6.42 Å². The van der Waals surface area contributed by atoms with Crippen LogP contribution in [0.4, 0.5) is 0 Å². The molecule has 0 saturated heterocycles. The zero-order valence-electron chi connectivity index (χ0n) is 8.11. The van der Waals surface area contributed by atoms with Crippen LogP contribution in [0.2, 0.25) is 0 Å². The Balaban J connectivity index is 0.000000791. The highest BCUT2D eigenvalue weighted by molar-refractivity contribution is 5.72. The summed E-state index contributed by atoms with van der Waals surface area (Å²) in [6, 6.07) is 9.43. The molecule has 0 bridgehead atoms. The van der Waals surface area contributed by atoms with Gasteiger partial charge in [-0.25, -0.2) is 0 Å². The largest absolute Gasteiger partial charge is 0.435 e. The zero-order valence-corrected chi connectivity index (χ0v) is 8.11. The van der Waals surface area contributed by atoms with Gasteiger partial charge < -0.3 is 4.74 Å². The van der Waals surface area contributed by atoms with Crippen LogP contribution in [-0.4, -0.2) is 5.97 Å². The molecule has 2 heteroatoms. The molecule has 0 N–H and O–H groups in total. The summed E-state index contributed by atoms with van der Waals surface area (Å²) in [4.78, 5) is 10.9. The first-order valence-electron chi connectivity index (χ1n) is 4.17. The van der Waals surface area contributed by atoms with Crippen molar-refractivity contribution in [2.75, 3.05) is 0 Å². The number of benzene rings is 1. The van der Waals surface area contributed by atoms with Gasteiger partial charge in [-0.1, -0.05) is 36.9 Å². The Bertz CT molecular complexity index is 278. The van der Waals surface area contributed by atoms with Crippen molar-refractivity contribution in [1.82, 2.24) is 0 Å². The van der Waals surface area contributed by atoms with Crippen molar-refractivity contribution in [3.05, 3.63) is 61.9 Å². The second-order valence-electron chi connectivity index (χ2n) is 2.32. The van der Waals surface area contributed by atoms with E-state index in [1.807, 2.05) is 30.3 Å². The summed E-state index contributed by atoms with van der Waals surface area (Å²) in [7, 11) is 0. The standard InChI is InChI=1S/C10H10O2.C2H4/c1-2-12-10(11)8-9-6-4-3-5-7-9;1-2/h2-7H,1,8H2;1-2H2. The highest BCUT2D eigenvalue weighted by Gasteiger charge is 2.00. The van der Waals surface area contributed by atoms with Gasteiger partial charge in [0.15, 0.2) is 0 Å². The summed E-state index contributed by atoms with van der Waals surface area (Å²) in [6.45, 7) is 9.30. The van der Waals surface area contributed by atoms with Gasteiger partial charge in [-0.05, 0) is 5.56 Å². The van der Waals surface area contributed by atoms with Gasteiger partial charge in [-0.3, -0.25) is 4.79 Å². The van der Waals surface area contributed by atoms with Crippen LogP contribution >= 0.6 is 0 Å². The van der Waals surface area contributed by atoms with Crippen LogP contribution in [-0.2, 0) is 16.0 Å². The van der Waals surface area contributed by atoms with E-state index in [1.54, 1.807) is 0 Å². The molecule has 0 radical (unpaired) electrons. The van der Waals surface area contributed by atoms with Gasteiger partial charge in [0, 0.05) is 0 Å². The molecule has 2 nitrogen and oxygen atoms in total. The van der Waals surface area contributed by atoms with Crippen LogP contribution < -0.4 is 0 Å². The lowest BCUT2D eigenvalue weighted by molar-refractivity contribution is -0.137. The minimum atomic E-state index is -0.281. The summed E-state index contributed by atoms with van der Waals surface area (Å²) in [6.07, 6.45) is 1.44. The molecule has 0 fully saturated rings. The first kappa shape index (κ1) is 12.2. The Morgan fingerprint density at radius 1 is 1.29 bits per heavy atom. The molecule has 0 aliphatic heterocycles. The van der Waals surface area contributed by atoms with Crippen LogP contribution in [0.3, 0.4) is 0 Å². The van der Waals surface area contributed by atoms with Crippen LogP contribution in [0.25, 0.3) is 0 Å². The number of carbonyl (C=O) groups is 1. The van der Waals surface area contributed by atoms with Gasteiger partial charge in [-0.15, -0.1) is 13.2 Å². The van der Waals surface area contributed by atoms with Gasteiger partial charge in [0.2, 0.25) is 0 Å². The van der Waals surface area contributed by atoms with Gasteiger partial charge in [0.05, 0.1) is 12.7 Å². The number of hydrogen-bond acceptors (Lipinski definition) is 2. The molecule has 0 atom stereocenters. The van der Waals surface area contributed by atoms with Crippen molar-refractivity contribution in [3.8, 4) is 0 Å². The summed E-state index contributed by atoms with van der Waals surface area (Å²) in [5, 5.41) is 0. The predicted octanol–water partition coefficient (Wildman–Crippen LogP) is 2.72. The van der Waals surface area contributed by atoms with E-state index in [2.05, 4.69) is 24.5 Å². The van der Waals surface area contributed by atoms with Crippen LogP contribution in [0.5, 0.6) is 0 Å². The summed E-state index contributed by atoms with van der Waals surface area (Å²) in [5.41, 5.74) is 0.948. The Labute approximate surface area is 84.5 Å². The van der Waals surface area contributed by atoms with E-state index in [-0.39, 0.29) is 5.97 Å². The van der Waals surface area contributed by atoms with Crippen molar-refractivity contribution < 1.29 is 9.53 Å². The second-order valence-corrected chi connectivity index (χ2v) is 2.32. The van der Waals surface area contributed by atoms with Gasteiger partial charge >= 0.3 is 5.97 Å². The third-order valence-corrected chi connectivity index (χ3v) is 1.41. The highest BCUT2D eigenvalue weighted by atomic mass is 16.5. The molecule has 0 aliphatic rings. The third-order valence-electron chi connectivity index (χ3n) is 1.41. The SMILES string of the molecule is C=C.C=COC(=O)Cc1ccccc1. The summed E-state index contributed by atoms with van der Waals surface area (Å²) >= 11 is 0. The average molecular weight is 190 g/mol. The molecule has 0 aromatic heterocycles. The van der Waals surface area contributed by atoms with Crippen molar-refractivity contribution in [1.29, 1.82) is 0 Å². The fourth-order valence-corrected chi connectivity index (χ4v) is 0.897. The molecule has 0 spiro atoms. The maximum absolute atomic E-state index is 10.9. The predicted molar refractivity (Wildman–Crippen MR) is 57.7 cm³/mol. The monoisotopic (exact) mass is 190 g/mol. The molecule has 1 rings (SSSR count). The Morgan fingerprint density at radius 3 is 2.36 bits per heavy atom. The zero-order chi connectivity index (χ0) is 10.8. The first-order valence-corrected chi connectivity index (χ1v) is 4.17. The van der Waals surface area contributed by atoms with E-state index >= 15 is 0 Å². The number of hydrogen-bond donors (Lipinski definition) is 0. The van der Waals surface area contributed by atoms with E-state index in [4.69, 9.17) is 0 Å². The Hall–Kier alpha value is -1.83. The molecule has 0 aliphatic carbocycles. The quantitative estimate of drug-likeness (QED) is 0.416. The molecular weight excluding hydrogens is 176 g/mol. The molecule has 0 unspecified atom stereocenters. The topological polar surface area (TPSA) is 26.3 Å². The average Bonchev–Trinajstić information content (AvgIpc) is 2.22. The summed E-state index contributed by atoms with van der Waals surface area (Å²) in [5.74, 6) is -0.281. The molecule has 74 valence electrons. The first-order chi connectivity index (χ1) is 6.83. The van der Waals surface area contributed by atoms with E-state index in [0.717, 1.165) is 11.8 Å². The Morgan fingerprint density at radius 2 is 1.86 bits per heavy atom. The maximum Gasteiger partial charge on any atom is 0.315 e. The minimum Gasteiger partial charge on any atom is -0.435 e. The van der Waals surface area contributed by atoms with E-state index in [1.165, 1.54) is 0 Å². The number of esters is 1. The number of carbonyl (C=O) groups excluding carboxylic acids is 1. The summed E-state index contributed by atoms with van der Waals surface area (Å²) < 4.78 is 4.57. The molecule has 1 aromatic rings. The lowest BCUT2D eigenvalue weighted by atomic mass is 10.2. The second kappa shape index (κ2) is 7.80. The van der Waals surface area contributed by atoms with E-state index < -0.39 is 0 Å². The lowest BCUT2D eigenvalue weighted by Gasteiger charge is -1.98. The number of ether oxygens (including phenoxy) is 1. The lowest BCUT2D eigenvalue weighted by Crippen LogP contribution is -2.03. The fourth-order valence-electron chi connectivity index (χ4n) is 0.897. The van der Waals surface area contributed by atoms with Gasteiger partial charge in [0.1, 0.15) is 0 Å². The van der Waals surface area contributed by atoms with Crippen molar-refractivity contribution >= 4 is 5.97 Å². The molecule has 0 heterocycles. The van der Waals surface area contributed by atoms with Crippen LogP contribution in [0, 0.1) is 0 Å². The van der Waals surface area contributed by atoms with Gasteiger partial charge in [0.25, 0.3) is 0 Å². The van der Waals surface area contributed by atoms with Crippen molar-refractivity contribution in [2.24, 2.45) is 0 Å². The smallest absolute Gasteiger partial charge is 0.315 e. The highest BCUT2D eigenvalue weighted by Crippen LogP contribution is 2.00. The minimum absolute atomic E-state index is 0.281. The van der Waals surface area contributed by atoms with E-state index in [0.29, 0.717) is 6.42 Å². The maximum atomic E-state index is 10.9. The molecular formula is C12H14O2. The van der Waals surface area contributed by atoms with Crippen molar-refractivity contribution in [3.63, 3.8) is 0 Å². The molecule has 0 saturated carbocycles. The number of rotatable bonds is 3. The van der Waals surface area contributed by atoms with Crippen LogP contribution in [0.15, 0.2) is 56.3 Å². The molecule has 0 amide bonds. The normalized spacial score (nSPS) is 8.00. The fraction of sp³-hybridized carbons (Fsp3) is 0.0833. The van der Waals surface area contributed by atoms with E-state index in [9.17, 15) is 4.79 Å². The Kier molecular flexibility index (Phi) is 6.78. The molecule has 14 heavy (non-hydrogen) atoms.